The maximum Gasteiger partial charge on any atom is 0.127 e. The van der Waals surface area contributed by atoms with Crippen LogP contribution >= 0.6 is 11.8 Å². The van der Waals surface area contributed by atoms with Crippen molar-refractivity contribution in [1.29, 1.82) is 0 Å². The van der Waals surface area contributed by atoms with E-state index in [9.17, 15) is 0 Å². The van der Waals surface area contributed by atoms with E-state index in [2.05, 4.69) is 23.7 Å². The highest BCUT2D eigenvalue weighted by Gasteiger charge is 1.99. The molecule has 0 radical (unpaired) electrons. The smallest absolute Gasteiger partial charge is 0.127 e. The molecule has 2 aromatic rings. The molecule has 0 aromatic heterocycles. The number of hydrogen-bond donors (Lipinski definition) is 1. The molecule has 0 heterocycles. The summed E-state index contributed by atoms with van der Waals surface area (Å²) < 4.78 is 5.85. The third-order valence-corrected chi connectivity index (χ3v) is 3.86. The molecule has 2 rings (SSSR count). The Morgan fingerprint density at radius 2 is 1.76 bits per heavy atom. The number of rotatable bonds is 9. The van der Waals surface area contributed by atoms with Crippen molar-refractivity contribution in [2.75, 3.05) is 18.6 Å². The minimum Gasteiger partial charge on any atom is -0.457 e. The van der Waals surface area contributed by atoms with Crippen LogP contribution in [0, 0.1) is 0 Å². The summed E-state index contributed by atoms with van der Waals surface area (Å²) in [5.74, 6) is 3.02. The second kappa shape index (κ2) is 9.48. The van der Waals surface area contributed by atoms with Gasteiger partial charge in [0, 0.05) is 6.54 Å². The Balaban J connectivity index is 1.78. The Bertz CT molecular complexity index is 516. The van der Waals surface area contributed by atoms with Crippen molar-refractivity contribution >= 4 is 11.8 Å². The summed E-state index contributed by atoms with van der Waals surface area (Å²) >= 11 is 1.91. The van der Waals surface area contributed by atoms with Gasteiger partial charge in [-0.15, -0.1) is 0 Å². The second-order valence-corrected chi connectivity index (χ2v) is 5.92. The average molecular weight is 301 g/mol. The highest BCUT2D eigenvalue weighted by atomic mass is 32.2. The van der Waals surface area contributed by atoms with Gasteiger partial charge in [-0.2, -0.15) is 11.8 Å². The van der Waals surface area contributed by atoms with E-state index in [4.69, 9.17) is 4.74 Å². The van der Waals surface area contributed by atoms with Crippen molar-refractivity contribution in [3.8, 4) is 11.5 Å². The Morgan fingerprint density at radius 3 is 2.57 bits per heavy atom. The van der Waals surface area contributed by atoms with Crippen LogP contribution in [-0.4, -0.2) is 18.6 Å². The van der Waals surface area contributed by atoms with Crippen LogP contribution in [-0.2, 0) is 6.54 Å². The summed E-state index contributed by atoms with van der Waals surface area (Å²) in [4.78, 5) is 0. The van der Waals surface area contributed by atoms with Crippen LogP contribution in [0.1, 0.15) is 18.4 Å². The first-order valence-electron chi connectivity index (χ1n) is 7.40. The highest BCUT2D eigenvalue weighted by Crippen LogP contribution is 2.21. The molecule has 0 fully saturated rings. The Morgan fingerprint density at radius 1 is 0.952 bits per heavy atom. The van der Waals surface area contributed by atoms with E-state index in [1.54, 1.807) is 0 Å². The fourth-order valence-corrected chi connectivity index (χ4v) is 2.57. The minimum absolute atomic E-state index is 0.875. The molecule has 0 unspecified atom stereocenters. The van der Waals surface area contributed by atoms with Gasteiger partial charge in [0.05, 0.1) is 0 Å². The molecule has 2 aromatic carbocycles. The molecule has 0 saturated carbocycles. The maximum atomic E-state index is 5.85. The van der Waals surface area contributed by atoms with Gasteiger partial charge in [-0.05, 0) is 61.2 Å². The van der Waals surface area contributed by atoms with Crippen LogP contribution in [0.4, 0.5) is 0 Å². The van der Waals surface area contributed by atoms with E-state index in [1.165, 1.54) is 24.2 Å². The lowest BCUT2D eigenvalue weighted by atomic mass is 10.2. The van der Waals surface area contributed by atoms with Gasteiger partial charge in [-0.1, -0.05) is 30.3 Å². The summed E-state index contributed by atoms with van der Waals surface area (Å²) in [6, 6.07) is 18.2. The number of para-hydroxylation sites is 1. The summed E-state index contributed by atoms with van der Waals surface area (Å²) in [7, 11) is 0. The van der Waals surface area contributed by atoms with Gasteiger partial charge in [0.25, 0.3) is 0 Å². The summed E-state index contributed by atoms with van der Waals surface area (Å²) in [5.41, 5.74) is 1.26. The number of hydrogen-bond acceptors (Lipinski definition) is 3. The number of ether oxygens (including phenoxy) is 1. The van der Waals surface area contributed by atoms with Gasteiger partial charge < -0.3 is 10.1 Å². The monoisotopic (exact) mass is 301 g/mol. The zero-order valence-corrected chi connectivity index (χ0v) is 13.4. The molecule has 0 bridgehead atoms. The second-order valence-electron chi connectivity index (χ2n) is 4.94. The quantitative estimate of drug-likeness (QED) is 0.678. The molecule has 0 saturated heterocycles. The van der Waals surface area contributed by atoms with Crippen molar-refractivity contribution in [3.05, 3.63) is 60.2 Å². The minimum atomic E-state index is 0.875. The van der Waals surface area contributed by atoms with Crippen molar-refractivity contribution in [2.24, 2.45) is 0 Å². The molecule has 1 N–H and O–H groups in total. The van der Waals surface area contributed by atoms with Crippen LogP contribution in [0.3, 0.4) is 0 Å². The van der Waals surface area contributed by atoms with Gasteiger partial charge in [0.2, 0.25) is 0 Å². The predicted molar refractivity (Wildman–Crippen MR) is 92.3 cm³/mol. The van der Waals surface area contributed by atoms with E-state index in [0.717, 1.165) is 24.6 Å². The first-order valence-corrected chi connectivity index (χ1v) is 8.79. The highest BCUT2D eigenvalue weighted by molar-refractivity contribution is 7.98. The van der Waals surface area contributed by atoms with Gasteiger partial charge in [-0.25, -0.2) is 0 Å². The van der Waals surface area contributed by atoms with Crippen molar-refractivity contribution in [2.45, 2.75) is 19.4 Å². The van der Waals surface area contributed by atoms with Gasteiger partial charge >= 0.3 is 0 Å². The molecular formula is C18H23NOS. The van der Waals surface area contributed by atoms with Crippen LogP contribution in [0.25, 0.3) is 0 Å². The molecule has 3 heteroatoms. The van der Waals surface area contributed by atoms with E-state index < -0.39 is 0 Å². The lowest BCUT2D eigenvalue weighted by Gasteiger charge is -2.08. The molecule has 0 atom stereocenters. The van der Waals surface area contributed by atoms with Crippen molar-refractivity contribution in [1.82, 2.24) is 5.32 Å². The zero-order valence-electron chi connectivity index (χ0n) is 12.5. The Hall–Kier alpha value is -1.45. The van der Waals surface area contributed by atoms with Crippen LogP contribution in [0.2, 0.25) is 0 Å². The van der Waals surface area contributed by atoms with Crippen LogP contribution < -0.4 is 10.1 Å². The number of thioether (sulfide) groups is 1. The van der Waals surface area contributed by atoms with Crippen LogP contribution in [0.15, 0.2) is 54.6 Å². The summed E-state index contributed by atoms with van der Waals surface area (Å²) in [6.07, 6.45) is 4.68. The van der Waals surface area contributed by atoms with Gasteiger partial charge in [-0.3, -0.25) is 0 Å². The molecular weight excluding hydrogens is 278 g/mol. The third-order valence-electron chi connectivity index (χ3n) is 3.16. The first kappa shape index (κ1) is 15.9. The number of unbranched alkanes of at least 4 members (excludes halogenated alkanes) is 1. The first-order chi connectivity index (χ1) is 10.4. The molecule has 21 heavy (non-hydrogen) atoms. The van der Waals surface area contributed by atoms with E-state index in [-0.39, 0.29) is 0 Å². The SMILES string of the molecule is CSCCCCNCc1cccc(Oc2ccccc2)c1. The van der Waals surface area contributed by atoms with Gasteiger partial charge in [0.15, 0.2) is 0 Å². The maximum absolute atomic E-state index is 5.85. The molecule has 2 nitrogen and oxygen atoms in total. The number of benzene rings is 2. The molecule has 0 aliphatic heterocycles. The molecule has 112 valence electrons. The summed E-state index contributed by atoms with van der Waals surface area (Å²) in [6.45, 7) is 1.97. The zero-order chi connectivity index (χ0) is 14.8. The largest absolute Gasteiger partial charge is 0.457 e. The third kappa shape index (κ3) is 6.23. The summed E-state index contributed by atoms with van der Waals surface area (Å²) in [5, 5.41) is 3.49. The molecule has 0 spiro atoms. The Kier molecular flexibility index (Phi) is 7.19. The molecule has 0 aliphatic carbocycles. The van der Waals surface area contributed by atoms with Crippen LogP contribution in [0.5, 0.6) is 11.5 Å². The van der Waals surface area contributed by atoms with E-state index in [1.807, 2.05) is 54.2 Å². The van der Waals surface area contributed by atoms with Crippen molar-refractivity contribution < 1.29 is 4.74 Å². The normalized spacial score (nSPS) is 10.5. The van der Waals surface area contributed by atoms with Crippen molar-refractivity contribution in [3.63, 3.8) is 0 Å². The van der Waals surface area contributed by atoms with E-state index in [0.29, 0.717) is 0 Å². The standard InChI is InChI=1S/C18H23NOS/c1-21-13-6-5-12-19-15-16-8-7-11-18(14-16)20-17-9-3-2-4-10-17/h2-4,7-11,14,19H,5-6,12-13,15H2,1H3. The lowest BCUT2D eigenvalue weighted by molar-refractivity contribution is 0.481. The molecule has 0 aliphatic rings. The number of nitrogens with one attached hydrogen (secondary N) is 1. The fourth-order valence-electron chi connectivity index (χ4n) is 2.07. The lowest BCUT2D eigenvalue weighted by Crippen LogP contribution is -2.14. The van der Waals surface area contributed by atoms with E-state index >= 15 is 0 Å². The average Bonchev–Trinajstić information content (AvgIpc) is 2.52. The topological polar surface area (TPSA) is 21.3 Å². The Labute approximate surface area is 131 Å². The van der Waals surface area contributed by atoms with Gasteiger partial charge in [0.1, 0.15) is 11.5 Å². The predicted octanol–water partition coefficient (Wildman–Crippen LogP) is 4.71. The fraction of sp³-hybridized carbons (Fsp3) is 0.333. The molecule has 0 amide bonds.